The zero-order valence-electron chi connectivity index (χ0n) is 27.6. The molecule has 1 aliphatic rings. The summed E-state index contributed by atoms with van der Waals surface area (Å²) in [5, 5.41) is 7.41. The Morgan fingerprint density at radius 3 is 2.26 bits per heavy atom. The number of hydrogen-bond acceptors (Lipinski definition) is 7. The normalized spacial score (nSPS) is 14.1. The highest BCUT2D eigenvalue weighted by Crippen LogP contribution is 2.34. The van der Waals surface area contributed by atoms with Gasteiger partial charge in [0.2, 0.25) is 11.7 Å². The van der Waals surface area contributed by atoms with Crippen LogP contribution in [0.15, 0.2) is 58.2 Å². The maximum absolute atomic E-state index is 13.7. The molecule has 12 nitrogen and oxygen atoms in total. The van der Waals surface area contributed by atoms with Crippen molar-refractivity contribution in [2.75, 3.05) is 10.6 Å². The predicted molar refractivity (Wildman–Crippen MR) is 181 cm³/mol. The zero-order chi connectivity index (χ0) is 36.9. The molecule has 1 fully saturated rings. The standard InChI is InChI=1S/C33H38ClF3N6O6S/c1-32(2,3)41-31(47)40-28-30(46)43(24(27(34)39-28)18-17-20-11-5-4-6-12-20)19-26(44)38-23-15-9-7-13-21(23)29(45)42-50(48,49)25-16-10-8-14-22(25)33(35,36)37/h7-10,13-16,20H,4-6,11-12,17-19H2,1-3H3,(H,38,44)(H,42,45)(H2,39,40,41,47). The summed E-state index contributed by atoms with van der Waals surface area (Å²) in [6, 6.07) is 7.88. The summed E-state index contributed by atoms with van der Waals surface area (Å²) in [5.41, 5.74) is -3.23. The van der Waals surface area contributed by atoms with E-state index in [0.29, 0.717) is 30.9 Å². The molecule has 4 rings (SSSR count). The summed E-state index contributed by atoms with van der Waals surface area (Å²) in [6.07, 6.45) is 1.31. The van der Waals surface area contributed by atoms with Crippen molar-refractivity contribution in [2.24, 2.45) is 5.92 Å². The molecular formula is C33H38ClF3N6O6S. The molecule has 1 aliphatic carbocycles. The van der Waals surface area contributed by atoms with E-state index in [1.54, 1.807) is 25.5 Å². The first-order valence-corrected chi connectivity index (χ1v) is 17.7. The van der Waals surface area contributed by atoms with E-state index >= 15 is 0 Å². The smallest absolute Gasteiger partial charge is 0.333 e. The van der Waals surface area contributed by atoms with Crippen LogP contribution in [0.2, 0.25) is 5.15 Å². The number of anilines is 2. The van der Waals surface area contributed by atoms with E-state index in [4.69, 9.17) is 11.6 Å². The number of para-hydroxylation sites is 1. The molecule has 0 saturated heterocycles. The van der Waals surface area contributed by atoms with Crippen LogP contribution in [0.4, 0.5) is 29.5 Å². The van der Waals surface area contributed by atoms with Crippen molar-refractivity contribution < 1.29 is 36.0 Å². The highest BCUT2D eigenvalue weighted by molar-refractivity contribution is 7.90. The van der Waals surface area contributed by atoms with Gasteiger partial charge in [0.15, 0.2) is 5.15 Å². The van der Waals surface area contributed by atoms with Gasteiger partial charge >= 0.3 is 12.2 Å². The summed E-state index contributed by atoms with van der Waals surface area (Å²) >= 11 is 6.55. The highest BCUT2D eigenvalue weighted by Gasteiger charge is 2.37. The number of alkyl halides is 3. The molecule has 0 bridgehead atoms. The third kappa shape index (κ3) is 10.1. The van der Waals surface area contributed by atoms with Gasteiger partial charge < -0.3 is 10.6 Å². The Morgan fingerprint density at radius 2 is 1.60 bits per heavy atom. The Labute approximate surface area is 292 Å². The van der Waals surface area contributed by atoms with Crippen molar-refractivity contribution >= 4 is 51.0 Å². The third-order valence-electron chi connectivity index (χ3n) is 7.91. The number of halogens is 4. The van der Waals surface area contributed by atoms with E-state index in [9.17, 15) is 40.8 Å². The van der Waals surface area contributed by atoms with Gasteiger partial charge in [0, 0.05) is 5.54 Å². The predicted octanol–water partition coefficient (Wildman–Crippen LogP) is 6.11. The molecule has 0 aliphatic heterocycles. The van der Waals surface area contributed by atoms with Crippen molar-refractivity contribution in [3.05, 3.63) is 80.9 Å². The second kappa shape index (κ2) is 15.6. The van der Waals surface area contributed by atoms with Gasteiger partial charge in [0.1, 0.15) is 6.54 Å². The van der Waals surface area contributed by atoms with Gasteiger partial charge in [-0.3, -0.25) is 24.3 Å². The van der Waals surface area contributed by atoms with Crippen molar-refractivity contribution in [1.82, 2.24) is 19.6 Å². The Hall–Kier alpha value is -4.44. The van der Waals surface area contributed by atoms with E-state index in [-0.39, 0.29) is 22.1 Å². The molecule has 0 spiro atoms. The number of aromatic nitrogens is 2. The number of nitrogens with zero attached hydrogens (tertiary/aromatic N) is 2. The number of nitrogens with one attached hydrogen (secondary N) is 4. The fourth-order valence-corrected chi connectivity index (χ4v) is 7.12. The molecule has 0 unspecified atom stereocenters. The van der Waals surface area contributed by atoms with E-state index in [0.717, 1.165) is 54.9 Å². The molecule has 2 aromatic carbocycles. The van der Waals surface area contributed by atoms with Gasteiger partial charge in [-0.1, -0.05) is 68.0 Å². The minimum atomic E-state index is -5.02. The molecule has 17 heteroatoms. The molecule has 0 atom stereocenters. The first-order chi connectivity index (χ1) is 23.4. The number of sulfonamides is 1. The maximum Gasteiger partial charge on any atom is 0.417 e. The molecule has 1 aromatic heterocycles. The number of urea groups is 1. The molecule has 4 amide bonds. The van der Waals surface area contributed by atoms with E-state index < -0.39 is 68.0 Å². The lowest BCUT2D eigenvalue weighted by molar-refractivity contribution is -0.139. The lowest BCUT2D eigenvalue weighted by atomic mass is 9.86. The molecule has 50 heavy (non-hydrogen) atoms. The molecule has 1 heterocycles. The Kier molecular flexibility index (Phi) is 12.0. The minimum Gasteiger partial charge on any atom is -0.333 e. The average molecular weight is 739 g/mol. The Balaban J connectivity index is 1.61. The molecule has 1 saturated carbocycles. The van der Waals surface area contributed by atoms with Crippen LogP contribution in [0.1, 0.15) is 80.9 Å². The fraction of sp³-hybridized carbons (Fsp3) is 0.424. The van der Waals surface area contributed by atoms with E-state index in [1.165, 1.54) is 18.2 Å². The van der Waals surface area contributed by atoms with Crippen LogP contribution in [0.3, 0.4) is 0 Å². The monoisotopic (exact) mass is 738 g/mol. The lowest BCUT2D eigenvalue weighted by Crippen LogP contribution is -2.44. The summed E-state index contributed by atoms with van der Waals surface area (Å²) in [5.74, 6) is -2.18. The van der Waals surface area contributed by atoms with Gasteiger partial charge in [-0.25, -0.2) is 22.9 Å². The molecular weight excluding hydrogens is 701 g/mol. The van der Waals surface area contributed by atoms with Crippen molar-refractivity contribution in [3.63, 3.8) is 0 Å². The minimum absolute atomic E-state index is 0.0941. The van der Waals surface area contributed by atoms with Crippen LogP contribution in [0.5, 0.6) is 0 Å². The average Bonchev–Trinajstić information content (AvgIpc) is 3.02. The first-order valence-electron chi connectivity index (χ1n) is 15.9. The molecule has 0 radical (unpaired) electrons. The van der Waals surface area contributed by atoms with Gasteiger partial charge in [-0.15, -0.1) is 0 Å². The van der Waals surface area contributed by atoms with E-state index in [1.807, 2.05) is 0 Å². The number of rotatable bonds is 10. The van der Waals surface area contributed by atoms with Crippen LogP contribution in [0.25, 0.3) is 0 Å². The van der Waals surface area contributed by atoms with Gasteiger partial charge in [-0.05, 0) is 63.8 Å². The largest absolute Gasteiger partial charge is 0.417 e. The van der Waals surface area contributed by atoms with Crippen molar-refractivity contribution in [2.45, 2.75) is 88.9 Å². The summed E-state index contributed by atoms with van der Waals surface area (Å²) in [7, 11) is -5.01. The summed E-state index contributed by atoms with van der Waals surface area (Å²) in [4.78, 5) is 55.8. The molecule has 270 valence electrons. The highest BCUT2D eigenvalue weighted by atomic mass is 35.5. The van der Waals surface area contributed by atoms with Crippen LogP contribution in [-0.4, -0.2) is 41.4 Å². The Morgan fingerprint density at radius 1 is 0.960 bits per heavy atom. The van der Waals surface area contributed by atoms with Gasteiger partial charge in [0.05, 0.1) is 27.4 Å². The number of carbonyl (C=O) groups excluding carboxylic acids is 3. The van der Waals surface area contributed by atoms with E-state index in [2.05, 4.69) is 20.9 Å². The molecule has 4 N–H and O–H groups in total. The van der Waals surface area contributed by atoms with Crippen LogP contribution < -0.4 is 26.2 Å². The molecule has 3 aromatic rings. The second-order valence-corrected chi connectivity index (χ2v) is 15.0. The first kappa shape index (κ1) is 38.4. The Bertz CT molecular complexity index is 1920. The summed E-state index contributed by atoms with van der Waals surface area (Å²) in [6.45, 7) is 4.57. The number of amides is 4. The quantitative estimate of drug-likeness (QED) is 0.195. The maximum atomic E-state index is 13.7. The number of benzene rings is 2. The van der Waals surface area contributed by atoms with Gasteiger partial charge in [0.25, 0.3) is 21.5 Å². The lowest BCUT2D eigenvalue weighted by Gasteiger charge is -2.23. The van der Waals surface area contributed by atoms with Crippen LogP contribution in [-0.2, 0) is 34.0 Å². The number of carbonyl (C=O) groups is 3. The number of hydrogen-bond donors (Lipinski definition) is 4. The zero-order valence-corrected chi connectivity index (χ0v) is 29.2. The fourth-order valence-electron chi connectivity index (χ4n) is 5.65. The summed E-state index contributed by atoms with van der Waals surface area (Å²) < 4.78 is 69.1. The van der Waals surface area contributed by atoms with Gasteiger partial charge in [-0.2, -0.15) is 13.2 Å². The third-order valence-corrected chi connectivity index (χ3v) is 9.60. The van der Waals surface area contributed by atoms with Crippen LogP contribution in [0, 0.1) is 5.92 Å². The van der Waals surface area contributed by atoms with Crippen LogP contribution >= 0.6 is 11.6 Å². The van der Waals surface area contributed by atoms with Crippen molar-refractivity contribution in [1.29, 1.82) is 0 Å². The SMILES string of the molecule is CC(C)(C)NC(=O)Nc1nc(Cl)c(CCC2CCCCC2)n(CC(=O)Nc2ccccc2C(=O)NS(=O)(=O)c2ccccc2C(F)(F)F)c1=O. The topological polar surface area (TPSA) is 168 Å². The second-order valence-electron chi connectivity index (χ2n) is 13.0. The van der Waals surface area contributed by atoms with Crippen molar-refractivity contribution in [3.8, 4) is 0 Å².